The fraction of sp³-hybridized carbons (Fsp3) is 0.0652. The molecular formula is C46H30N4. The Morgan fingerprint density at radius 2 is 1.46 bits per heavy atom. The van der Waals surface area contributed by atoms with Crippen LogP contribution in [-0.2, 0) is 0 Å². The third kappa shape index (κ3) is 3.42. The van der Waals surface area contributed by atoms with Crippen LogP contribution in [0.15, 0.2) is 157 Å². The van der Waals surface area contributed by atoms with Crippen molar-refractivity contribution < 1.29 is 0 Å². The van der Waals surface area contributed by atoms with Crippen LogP contribution in [0.5, 0.6) is 0 Å². The van der Waals surface area contributed by atoms with Gasteiger partial charge in [-0.25, -0.2) is 4.99 Å². The summed E-state index contributed by atoms with van der Waals surface area (Å²) < 4.78 is 4.95. The lowest BCUT2D eigenvalue weighted by Crippen LogP contribution is -2.25. The maximum absolute atomic E-state index is 5.34. The third-order valence-corrected chi connectivity index (χ3v) is 11.4. The van der Waals surface area contributed by atoms with Gasteiger partial charge in [0.25, 0.3) is 0 Å². The molecule has 0 fully saturated rings. The van der Waals surface area contributed by atoms with E-state index in [4.69, 9.17) is 4.99 Å². The predicted octanol–water partition coefficient (Wildman–Crippen LogP) is 11.5. The third-order valence-electron chi connectivity index (χ3n) is 11.4. The number of anilines is 1. The molecule has 0 saturated heterocycles. The van der Waals surface area contributed by atoms with E-state index in [1.54, 1.807) is 0 Å². The molecule has 12 rings (SSSR count). The second kappa shape index (κ2) is 9.61. The molecular weight excluding hydrogens is 609 g/mol. The molecule has 50 heavy (non-hydrogen) atoms. The van der Waals surface area contributed by atoms with E-state index in [-0.39, 0.29) is 6.17 Å². The second-order valence-electron chi connectivity index (χ2n) is 14.0. The molecule has 0 bridgehead atoms. The van der Waals surface area contributed by atoms with Gasteiger partial charge in [-0.2, -0.15) is 0 Å². The van der Waals surface area contributed by atoms with Crippen LogP contribution in [0.4, 0.5) is 11.4 Å². The van der Waals surface area contributed by atoms with Crippen molar-refractivity contribution in [3.8, 4) is 16.8 Å². The van der Waals surface area contributed by atoms with Gasteiger partial charge in [-0.3, -0.25) is 0 Å². The number of aliphatic imine (C=N–C) groups is 1. The fourth-order valence-corrected chi connectivity index (χ4v) is 9.24. The summed E-state index contributed by atoms with van der Waals surface area (Å²) in [6, 6.07) is 44.5. The lowest BCUT2D eigenvalue weighted by atomic mass is 9.78. The fourth-order valence-electron chi connectivity index (χ4n) is 9.24. The lowest BCUT2D eigenvalue weighted by Gasteiger charge is -2.26. The summed E-state index contributed by atoms with van der Waals surface area (Å²) in [6.07, 6.45) is 13.7. The van der Waals surface area contributed by atoms with Gasteiger partial charge >= 0.3 is 0 Å². The van der Waals surface area contributed by atoms with Gasteiger partial charge in [-0.1, -0.05) is 103 Å². The highest BCUT2D eigenvalue weighted by molar-refractivity contribution is 6.28. The maximum Gasteiger partial charge on any atom is 0.148 e. The predicted molar refractivity (Wildman–Crippen MR) is 208 cm³/mol. The van der Waals surface area contributed by atoms with E-state index in [9.17, 15) is 0 Å². The molecule has 0 radical (unpaired) electrons. The summed E-state index contributed by atoms with van der Waals surface area (Å²) in [4.78, 5) is 5.34. The smallest absolute Gasteiger partial charge is 0.148 e. The number of allylic oxidation sites excluding steroid dienone is 5. The quantitative estimate of drug-likeness (QED) is 0.201. The Hall–Kier alpha value is -6.39. The molecule has 0 spiro atoms. The number of aromatic nitrogens is 2. The molecule has 4 aliphatic rings. The first kappa shape index (κ1) is 26.6. The van der Waals surface area contributed by atoms with E-state index in [0.717, 1.165) is 17.1 Å². The van der Waals surface area contributed by atoms with E-state index in [1.165, 1.54) is 77.1 Å². The number of rotatable bonds is 2. The van der Waals surface area contributed by atoms with Crippen LogP contribution < -0.4 is 5.32 Å². The van der Waals surface area contributed by atoms with E-state index >= 15 is 0 Å². The lowest BCUT2D eigenvalue weighted by molar-refractivity contribution is 0.693. The van der Waals surface area contributed by atoms with Gasteiger partial charge < -0.3 is 14.5 Å². The van der Waals surface area contributed by atoms with Crippen LogP contribution in [0.1, 0.15) is 28.9 Å². The average Bonchev–Trinajstić information content (AvgIpc) is 3.81. The van der Waals surface area contributed by atoms with Gasteiger partial charge in [0, 0.05) is 44.6 Å². The molecule has 0 amide bonds. The van der Waals surface area contributed by atoms with Crippen molar-refractivity contribution in [3.05, 3.63) is 169 Å². The topological polar surface area (TPSA) is 34.2 Å². The standard InChI is InChI=1S/C46H30N4/c1-2-12-31(13-3-1)49-40-22-20-29(24-36(40)42-32-14-6-4-10-27(32)19-23-41(42)49)30-25-35-34-21-18-28-11-5-7-15-33(28)44(34)50-45(35)37(26-30)43-46(50)48-39-17-9-8-16-38(39)47-43/h1-27,32,46,48H. The monoisotopic (exact) mass is 638 g/mol. The maximum atomic E-state index is 5.34. The Morgan fingerprint density at radius 1 is 0.620 bits per heavy atom. The van der Waals surface area contributed by atoms with Crippen molar-refractivity contribution >= 4 is 66.6 Å². The van der Waals surface area contributed by atoms with Gasteiger partial charge in [0.05, 0.1) is 39.3 Å². The first-order valence-corrected chi connectivity index (χ1v) is 17.5. The van der Waals surface area contributed by atoms with Crippen molar-refractivity contribution in [2.24, 2.45) is 10.9 Å². The zero-order valence-corrected chi connectivity index (χ0v) is 27.1. The largest absolute Gasteiger partial charge is 0.358 e. The summed E-state index contributed by atoms with van der Waals surface area (Å²) in [7, 11) is 0. The number of fused-ring (bicyclic) bond motifs is 14. The van der Waals surface area contributed by atoms with Gasteiger partial charge in [-0.05, 0) is 76.7 Å². The van der Waals surface area contributed by atoms with Gasteiger partial charge in [0.2, 0.25) is 0 Å². The van der Waals surface area contributed by atoms with Gasteiger partial charge in [0.15, 0.2) is 0 Å². The highest BCUT2D eigenvalue weighted by Crippen LogP contribution is 2.49. The number of para-hydroxylation sites is 3. The molecule has 234 valence electrons. The molecule has 8 aromatic rings. The van der Waals surface area contributed by atoms with Gasteiger partial charge in [0.1, 0.15) is 6.17 Å². The minimum absolute atomic E-state index is 0.0785. The molecule has 0 saturated carbocycles. The molecule has 2 aliphatic carbocycles. The Morgan fingerprint density at radius 3 is 2.42 bits per heavy atom. The van der Waals surface area contributed by atoms with Crippen molar-refractivity contribution in [1.82, 2.24) is 9.13 Å². The van der Waals surface area contributed by atoms with E-state index in [0.29, 0.717) is 11.8 Å². The average molecular weight is 639 g/mol. The van der Waals surface area contributed by atoms with E-state index in [1.807, 2.05) is 0 Å². The van der Waals surface area contributed by atoms with Crippen molar-refractivity contribution in [2.45, 2.75) is 12.1 Å². The Kier molecular flexibility index (Phi) is 5.10. The zero-order chi connectivity index (χ0) is 32.5. The van der Waals surface area contributed by atoms with Crippen LogP contribution in [0, 0.1) is 5.92 Å². The van der Waals surface area contributed by atoms with Crippen molar-refractivity contribution in [2.75, 3.05) is 5.32 Å². The summed E-state index contributed by atoms with van der Waals surface area (Å²) in [5.74, 6) is 0.665. The Labute approximate surface area is 288 Å². The van der Waals surface area contributed by atoms with Crippen molar-refractivity contribution in [1.29, 1.82) is 0 Å². The molecule has 2 aliphatic heterocycles. The first-order valence-electron chi connectivity index (χ1n) is 17.5. The van der Waals surface area contributed by atoms with Crippen molar-refractivity contribution in [3.63, 3.8) is 0 Å². The molecule has 4 heteroatoms. The number of hydrogen-bond acceptors (Lipinski definition) is 2. The van der Waals surface area contributed by atoms with Crippen LogP contribution in [-0.4, -0.2) is 14.8 Å². The van der Waals surface area contributed by atoms with Crippen LogP contribution in [0.25, 0.3) is 66.4 Å². The normalized spacial score (nSPS) is 19.4. The van der Waals surface area contributed by atoms with E-state index < -0.39 is 0 Å². The Balaban J connectivity index is 1.15. The number of hydrogen-bond donors (Lipinski definition) is 1. The van der Waals surface area contributed by atoms with Gasteiger partial charge in [-0.15, -0.1) is 0 Å². The number of nitrogens with zero attached hydrogens (tertiary/aromatic N) is 3. The molecule has 2 aromatic heterocycles. The Bertz CT molecular complexity index is 2910. The highest BCUT2D eigenvalue weighted by Gasteiger charge is 2.37. The first-order chi connectivity index (χ1) is 24.8. The summed E-state index contributed by atoms with van der Waals surface area (Å²) in [5, 5.41) is 10.3. The molecule has 1 N–H and O–H groups in total. The summed E-state index contributed by atoms with van der Waals surface area (Å²) in [6.45, 7) is 0. The molecule has 3 atom stereocenters. The summed E-state index contributed by atoms with van der Waals surface area (Å²) in [5.41, 5.74) is 14.4. The van der Waals surface area contributed by atoms with E-state index in [2.05, 4.69) is 172 Å². The molecule has 6 aromatic carbocycles. The minimum atomic E-state index is -0.0785. The SMILES string of the molecule is C1=CC2C=Cc3c(c4cc(-c5cc6c7c(c5)c5ccc8ccccc8c5n7C5Nc7ccccc7N=C65)ccc4n3-c3ccccc3)C2C=C1. The van der Waals surface area contributed by atoms with Crippen LogP contribution in [0.2, 0.25) is 0 Å². The molecule has 3 unspecified atom stereocenters. The van der Waals surface area contributed by atoms with Crippen LogP contribution >= 0.6 is 0 Å². The molecule has 4 nitrogen and oxygen atoms in total. The second-order valence-corrected chi connectivity index (χ2v) is 14.0. The zero-order valence-electron chi connectivity index (χ0n) is 27.1. The number of nitrogens with one attached hydrogen (secondary N) is 1. The minimum Gasteiger partial charge on any atom is -0.358 e. The number of benzene rings is 6. The highest BCUT2D eigenvalue weighted by atomic mass is 15.2. The van der Waals surface area contributed by atoms with Crippen LogP contribution in [0.3, 0.4) is 0 Å². The summed E-state index contributed by atoms with van der Waals surface area (Å²) >= 11 is 0. The molecule has 4 heterocycles.